The summed E-state index contributed by atoms with van der Waals surface area (Å²) in [4.78, 5) is 27.8. The molecule has 2 aromatic rings. The van der Waals surface area contributed by atoms with Gasteiger partial charge in [-0.05, 0) is 54.8 Å². The Hall–Kier alpha value is -1.81. The van der Waals surface area contributed by atoms with Crippen LogP contribution in [0, 0.1) is 0 Å². The average molecular weight is 593 g/mol. The Kier molecular flexibility index (Phi) is 10.7. The van der Waals surface area contributed by atoms with E-state index >= 15 is 0 Å². The van der Waals surface area contributed by atoms with Crippen LogP contribution in [0.1, 0.15) is 32.3 Å². The van der Waals surface area contributed by atoms with E-state index in [0.29, 0.717) is 34.3 Å². The summed E-state index contributed by atoms with van der Waals surface area (Å²) in [5.41, 5.74) is 0.933. The molecule has 7 nitrogen and oxygen atoms in total. The fourth-order valence-corrected chi connectivity index (χ4v) is 4.92. The highest BCUT2D eigenvalue weighted by molar-refractivity contribution is 9.10. The highest BCUT2D eigenvalue weighted by atomic mass is 79.9. The van der Waals surface area contributed by atoms with Crippen LogP contribution < -0.4 is 9.62 Å². The molecule has 2 aromatic carbocycles. The molecule has 1 N–H and O–H groups in total. The maximum Gasteiger partial charge on any atom is 0.244 e. The second-order valence-corrected chi connectivity index (χ2v) is 11.4. The topological polar surface area (TPSA) is 86.8 Å². The number of amides is 2. The monoisotopic (exact) mass is 591 g/mol. The molecule has 34 heavy (non-hydrogen) atoms. The number of hydrogen-bond donors (Lipinski definition) is 1. The summed E-state index contributed by atoms with van der Waals surface area (Å²) in [6, 6.07) is 10.7. The van der Waals surface area contributed by atoms with E-state index in [1.807, 2.05) is 6.92 Å². The molecule has 0 radical (unpaired) electrons. The maximum absolute atomic E-state index is 13.6. The van der Waals surface area contributed by atoms with E-state index in [1.54, 1.807) is 49.4 Å². The Morgan fingerprint density at radius 3 is 2.26 bits per heavy atom. The van der Waals surface area contributed by atoms with Gasteiger partial charge in [-0.15, -0.1) is 0 Å². The number of halogens is 3. The zero-order valence-electron chi connectivity index (χ0n) is 19.2. The van der Waals surface area contributed by atoms with E-state index < -0.39 is 28.5 Å². The van der Waals surface area contributed by atoms with Crippen LogP contribution >= 0.6 is 39.1 Å². The molecule has 0 saturated carbocycles. The molecule has 0 aliphatic heterocycles. The molecule has 2 rings (SSSR count). The molecule has 0 aromatic heterocycles. The van der Waals surface area contributed by atoms with Crippen molar-refractivity contribution in [3.63, 3.8) is 0 Å². The van der Waals surface area contributed by atoms with Gasteiger partial charge < -0.3 is 10.2 Å². The van der Waals surface area contributed by atoms with Crippen molar-refractivity contribution in [1.29, 1.82) is 0 Å². The molecule has 0 aliphatic carbocycles. The van der Waals surface area contributed by atoms with Crippen molar-refractivity contribution in [2.45, 2.75) is 39.3 Å². The highest BCUT2D eigenvalue weighted by Crippen LogP contribution is 2.25. The van der Waals surface area contributed by atoms with Gasteiger partial charge in [-0.25, -0.2) is 8.42 Å². The number of sulfonamides is 1. The lowest BCUT2D eigenvalue weighted by Gasteiger charge is -2.33. The van der Waals surface area contributed by atoms with Crippen molar-refractivity contribution in [3.05, 3.63) is 62.5 Å². The maximum atomic E-state index is 13.6. The fourth-order valence-electron chi connectivity index (χ4n) is 3.34. The number of nitrogens with one attached hydrogen (secondary N) is 1. The zero-order valence-corrected chi connectivity index (χ0v) is 23.1. The second kappa shape index (κ2) is 12.8. The van der Waals surface area contributed by atoms with Crippen molar-refractivity contribution >= 4 is 66.7 Å². The van der Waals surface area contributed by atoms with Crippen LogP contribution in [0.2, 0.25) is 10.0 Å². The summed E-state index contributed by atoms with van der Waals surface area (Å²) in [5, 5.41) is 3.62. The van der Waals surface area contributed by atoms with Crippen LogP contribution in [0.3, 0.4) is 0 Å². The average Bonchev–Trinajstić information content (AvgIpc) is 2.77. The number of rotatable bonds is 11. The molecule has 0 unspecified atom stereocenters. The summed E-state index contributed by atoms with van der Waals surface area (Å²) in [7, 11) is -3.79. The van der Waals surface area contributed by atoms with Gasteiger partial charge in [-0.1, -0.05) is 59.0 Å². The number of anilines is 1. The Morgan fingerprint density at radius 2 is 1.74 bits per heavy atom. The van der Waals surface area contributed by atoms with Gasteiger partial charge in [0.05, 0.1) is 11.9 Å². The van der Waals surface area contributed by atoms with Crippen molar-refractivity contribution < 1.29 is 18.0 Å². The molecule has 11 heteroatoms. The SMILES string of the molecule is CCCNC(=O)[C@H](CC)N(Cc1ccc(Cl)cc1Cl)C(=O)CN(c1ccc(Br)cc1)S(C)(=O)=O. The molecule has 0 saturated heterocycles. The first-order valence-electron chi connectivity index (χ1n) is 10.7. The van der Waals surface area contributed by atoms with E-state index in [2.05, 4.69) is 21.2 Å². The molecule has 186 valence electrons. The summed E-state index contributed by atoms with van der Waals surface area (Å²) in [6.07, 6.45) is 2.11. The van der Waals surface area contributed by atoms with E-state index in [4.69, 9.17) is 23.2 Å². The van der Waals surface area contributed by atoms with E-state index in [1.165, 1.54) is 4.90 Å². The number of hydrogen-bond acceptors (Lipinski definition) is 4. The molecular weight excluding hydrogens is 565 g/mol. The van der Waals surface area contributed by atoms with E-state index in [-0.39, 0.29) is 12.5 Å². The largest absolute Gasteiger partial charge is 0.354 e. The molecule has 0 aliphatic rings. The standard InChI is InChI=1S/C23H28BrCl2N3O4S/c1-4-12-27-23(31)21(5-2)28(14-16-6-9-18(25)13-20(16)26)22(30)15-29(34(3,32)33)19-10-7-17(24)8-11-19/h6-11,13,21H,4-5,12,14-15H2,1-3H3,(H,27,31)/t21-/m0/s1. The van der Waals surface area contributed by atoms with Crippen LogP contribution in [0.5, 0.6) is 0 Å². The van der Waals surface area contributed by atoms with Crippen LogP contribution in [-0.2, 0) is 26.2 Å². The van der Waals surface area contributed by atoms with Gasteiger partial charge in [0.1, 0.15) is 12.6 Å². The summed E-state index contributed by atoms with van der Waals surface area (Å²) < 4.78 is 26.9. The quantitative estimate of drug-likeness (QED) is 0.404. The van der Waals surface area contributed by atoms with Gasteiger partial charge in [0, 0.05) is 27.6 Å². The lowest BCUT2D eigenvalue weighted by Crippen LogP contribution is -2.52. The normalized spacial score (nSPS) is 12.2. The third-order valence-electron chi connectivity index (χ3n) is 5.08. The number of carbonyl (C=O) groups is 2. The first kappa shape index (κ1) is 28.4. The van der Waals surface area contributed by atoms with Gasteiger partial charge in [-0.2, -0.15) is 0 Å². The van der Waals surface area contributed by atoms with Gasteiger partial charge in [0.2, 0.25) is 21.8 Å². The molecule has 0 fully saturated rings. The first-order valence-corrected chi connectivity index (χ1v) is 14.1. The van der Waals surface area contributed by atoms with Gasteiger partial charge in [-0.3, -0.25) is 13.9 Å². The van der Waals surface area contributed by atoms with Crippen molar-refractivity contribution in [2.75, 3.05) is 23.7 Å². The number of carbonyl (C=O) groups excluding carboxylic acids is 2. The third kappa shape index (κ3) is 7.86. The predicted molar refractivity (Wildman–Crippen MR) is 141 cm³/mol. The molecule has 0 bridgehead atoms. The minimum absolute atomic E-state index is 0.0187. The lowest BCUT2D eigenvalue weighted by atomic mass is 10.1. The number of benzene rings is 2. The van der Waals surface area contributed by atoms with Crippen LogP contribution in [0.25, 0.3) is 0 Å². The summed E-state index contributed by atoms with van der Waals surface area (Å²) >= 11 is 15.7. The molecule has 1 atom stereocenters. The van der Waals surface area contributed by atoms with Gasteiger partial charge >= 0.3 is 0 Å². The zero-order chi connectivity index (χ0) is 25.5. The third-order valence-corrected chi connectivity index (χ3v) is 7.34. The summed E-state index contributed by atoms with van der Waals surface area (Å²) in [5.74, 6) is -0.838. The summed E-state index contributed by atoms with van der Waals surface area (Å²) in [6.45, 7) is 3.74. The van der Waals surface area contributed by atoms with Crippen molar-refractivity contribution in [3.8, 4) is 0 Å². The van der Waals surface area contributed by atoms with Gasteiger partial charge in [0.15, 0.2) is 0 Å². The van der Waals surface area contributed by atoms with Crippen LogP contribution in [-0.4, -0.2) is 50.5 Å². The molecule has 0 heterocycles. The predicted octanol–water partition coefficient (Wildman–Crippen LogP) is 4.86. The smallest absolute Gasteiger partial charge is 0.244 e. The Bertz CT molecular complexity index is 1110. The Labute approximate surface area is 219 Å². The van der Waals surface area contributed by atoms with E-state index in [9.17, 15) is 18.0 Å². The van der Waals surface area contributed by atoms with Crippen LogP contribution in [0.4, 0.5) is 5.69 Å². The highest BCUT2D eigenvalue weighted by Gasteiger charge is 2.32. The molecular formula is C23H28BrCl2N3O4S. The Morgan fingerprint density at radius 1 is 1.09 bits per heavy atom. The first-order chi connectivity index (χ1) is 16.0. The lowest BCUT2D eigenvalue weighted by molar-refractivity contribution is -0.140. The molecule has 0 spiro atoms. The minimum atomic E-state index is -3.79. The minimum Gasteiger partial charge on any atom is -0.354 e. The fraction of sp³-hybridized carbons (Fsp3) is 0.391. The van der Waals surface area contributed by atoms with Gasteiger partial charge in [0.25, 0.3) is 0 Å². The second-order valence-electron chi connectivity index (χ2n) is 7.72. The Balaban J connectivity index is 2.44. The van der Waals surface area contributed by atoms with Crippen molar-refractivity contribution in [1.82, 2.24) is 10.2 Å². The van der Waals surface area contributed by atoms with Crippen LogP contribution in [0.15, 0.2) is 46.9 Å². The number of nitrogens with zero attached hydrogens (tertiary/aromatic N) is 2. The molecule has 2 amide bonds. The van der Waals surface area contributed by atoms with Crippen molar-refractivity contribution in [2.24, 2.45) is 0 Å². The van der Waals surface area contributed by atoms with E-state index in [0.717, 1.165) is 21.5 Å².